The summed E-state index contributed by atoms with van der Waals surface area (Å²) < 4.78 is 35.3. The number of methoxy groups -OCH3 is 1. The molecule has 0 fully saturated rings. The fraction of sp³-hybridized carbons (Fsp3) is 0.294. The second-order valence-electron chi connectivity index (χ2n) is 10.9. The summed E-state index contributed by atoms with van der Waals surface area (Å²) in [6.45, 7) is 3.80. The van der Waals surface area contributed by atoms with Crippen molar-refractivity contribution in [2.75, 3.05) is 12.4 Å². The van der Waals surface area contributed by atoms with Gasteiger partial charge in [0.05, 0.1) is 19.3 Å². The topological polar surface area (TPSA) is 124 Å². The van der Waals surface area contributed by atoms with Gasteiger partial charge in [0.15, 0.2) is 0 Å². The van der Waals surface area contributed by atoms with Crippen LogP contribution in [0, 0.1) is 11.6 Å². The molecule has 0 spiro atoms. The number of nitrogens with zero attached hydrogens (tertiary/aromatic N) is 1. The average molecular weight is 629 g/mol. The van der Waals surface area contributed by atoms with E-state index in [2.05, 4.69) is 5.32 Å². The summed E-state index contributed by atoms with van der Waals surface area (Å²) in [6, 6.07) is 18.1. The number of carboxylic acids is 1. The number of nitrogens with one attached hydrogen (secondary N) is 1. The van der Waals surface area contributed by atoms with Gasteiger partial charge in [0, 0.05) is 47.0 Å². The molecule has 2 atom stereocenters. The fourth-order valence-electron chi connectivity index (χ4n) is 5.40. The van der Waals surface area contributed by atoms with E-state index in [4.69, 9.17) is 4.74 Å². The molecule has 0 unspecified atom stereocenters. The largest absolute Gasteiger partial charge is 1.00 e. The number of anilines is 1. The second-order valence-corrected chi connectivity index (χ2v) is 10.9. The number of amides is 1. The summed E-state index contributed by atoms with van der Waals surface area (Å²) >= 11 is 0. The van der Waals surface area contributed by atoms with Crippen LogP contribution in [0.4, 0.5) is 14.5 Å². The minimum Gasteiger partial charge on any atom is -0.550 e. The summed E-state index contributed by atoms with van der Waals surface area (Å²) in [5.74, 6) is -2.24. The van der Waals surface area contributed by atoms with Crippen LogP contribution in [0.15, 0.2) is 72.8 Å². The number of ether oxygens (including phenoxy) is 1. The number of aliphatic hydroxyl groups is 2. The quantitative estimate of drug-likeness (QED) is 0.195. The summed E-state index contributed by atoms with van der Waals surface area (Å²) in [5.41, 5.74) is 3.65. The molecule has 0 saturated heterocycles. The van der Waals surface area contributed by atoms with Gasteiger partial charge in [-0.25, -0.2) is 8.78 Å². The number of benzene rings is 3. The first-order valence-corrected chi connectivity index (χ1v) is 14.3. The molecule has 1 amide bonds. The molecule has 45 heavy (non-hydrogen) atoms. The fourth-order valence-corrected chi connectivity index (χ4v) is 5.40. The maximum absolute atomic E-state index is 14.2. The van der Waals surface area contributed by atoms with Gasteiger partial charge in [-0.05, 0) is 80.6 Å². The average Bonchev–Trinajstić information content (AvgIpc) is 3.32. The van der Waals surface area contributed by atoms with E-state index in [1.807, 2.05) is 18.4 Å². The standard InChI is InChI=1S/C34H36F2N2O6.Na/c1-20(2)38-29(16-15-26(39)18-27(40)19-30(41)42)31(21-7-11-23(35)12-8-21)32(22-9-13-24(36)14-10-22)33(38)34(43)37-25-5-4-6-28(17-25)44-3;/h4-14,17,20,26-27,39-40H,15-16,18-19H2,1-3H3,(H,37,43)(H,41,42);/q;+1/p-1/t26-,27-;/m1./s1. The minimum atomic E-state index is -1.42. The maximum Gasteiger partial charge on any atom is 1.00 e. The van der Waals surface area contributed by atoms with Crippen LogP contribution < -0.4 is 44.7 Å². The Morgan fingerprint density at radius 2 is 1.49 bits per heavy atom. The first-order valence-electron chi connectivity index (χ1n) is 14.3. The van der Waals surface area contributed by atoms with E-state index in [-0.39, 0.29) is 60.6 Å². The van der Waals surface area contributed by atoms with Crippen molar-refractivity contribution in [2.24, 2.45) is 0 Å². The predicted octanol–water partition coefficient (Wildman–Crippen LogP) is 2.13. The third-order valence-electron chi connectivity index (χ3n) is 7.29. The molecule has 4 aromatic rings. The Bertz CT molecular complexity index is 1610. The van der Waals surface area contributed by atoms with E-state index in [0.717, 1.165) is 0 Å². The zero-order valence-corrected chi connectivity index (χ0v) is 27.7. The Morgan fingerprint density at radius 1 is 0.911 bits per heavy atom. The summed E-state index contributed by atoms with van der Waals surface area (Å²) in [6.07, 6.45) is -2.81. The van der Waals surface area contributed by atoms with Crippen LogP contribution in [-0.4, -0.2) is 46.0 Å². The Hall–Kier alpha value is -3.54. The number of aliphatic hydroxyl groups excluding tert-OH is 2. The smallest absolute Gasteiger partial charge is 0.550 e. The van der Waals surface area contributed by atoms with Crippen molar-refractivity contribution in [3.05, 3.63) is 95.8 Å². The van der Waals surface area contributed by atoms with E-state index < -0.39 is 42.1 Å². The first-order chi connectivity index (χ1) is 21.0. The van der Waals surface area contributed by atoms with Crippen molar-refractivity contribution in [1.29, 1.82) is 0 Å². The number of hydrogen-bond donors (Lipinski definition) is 3. The Labute approximate surface area is 283 Å². The predicted molar refractivity (Wildman–Crippen MR) is 161 cm³/mol. The number of aromatic nitrogens is 1. The molecule has 1 heterocycles. The Morgan fingerprint density at radius 3 is 2.02 bits per heavy atom. The molecular formula is C34H35F2N2NaO6. The van der Waals surface area contributed by atoms with E-state index in [9.17, 15) is 33.7 Å². The molecule has 0 saturated carbocycles. The molecule has 4 rings (SSSR count). The van der Waals surface area contributed by atoms with Gasteiger partial charge in [-0.3, -0.25) is 4.79 Å². The second kappa shape index (κ2) is 16.1. The number of carboxylic acid groups (broad SMARTS) is 1. The molecular weight excluding hydrogens is 593 g/mol. The molecule has 0 aliphatic carbocycles. The van der Waals surface area contributed by atoms with Gasteiger partial charge in [0.1, 0.15) is 23.1 Å². The van der Waals surface area contributed by atoms with E-state index in [1.165, 1.54) is 31.4 Å². The van der Waals surface area contributed by atoms with Crippen molar-refractivity contribution < 1.29 is 68.0 Å². The SMILES string of the molecule is COc1cccc(NC(=O)c2c(-c3ccc(F)cc3)c(-c3ccc(F)cc3)c(CC[C@@H](O)C[C@@H](O)CC(=O)[O-])n2C(C)C)c1.[Na+]. The van der Waals surface area contributed by atoms with Crippen molar-refractivity contribution in [3.63, 3.8) is 0 Å². The minimum absolute atomic E-state index is 0. The van der Waals surface area contributed by atoms with Crippen molar-refractivity contribution in [3.8, 4) is 28.0 Å². The van der Waals surface area contributed by atoms with Crippen LogP contribution >= 0.6 is 0 Å². The maximum atomic E-state index is 14.2. The van der Waals surface area contributed by atoms with E-state index >= 15 is 0 Å². The van der Waals surface area contributed by atoms with Gasteiger partial charge in [0.2, 0.25) is 0 Å². The monoisotopic (exact) mass is 628 g/mol. The van der Waals surface area contributed by atoms with Crippen LogP contribution in [0.2, 0.25) is 0 Å². The molecule has 3 aromatic carbocycles. The van der Waals surface area contributed by atoms with Gasteiger partial charge >= 0.3 is 29.6 Å². The van der Waals surface area contributed by atoms with Gasteiger partial charge < -0.3 is 34.7 Å². The van der Waals surface area contributed by atoms with Gasteiger partial charge in [0.25, 0.3) is 5.91 Å². The third kappa shape index (κ3) is 9.02. The zero-order chi connectivity index (χ0) is 32.0. The molecule has 3 N–H and O–H groups in total. The van der Waals surface area contributed by atoms with Crippen LogP contribution in [-0.2, 0) is 11.2 Å². The molecule has 8 nitrogen and oxygen atoms in total. The molecule has 0 aliphatic heterocycles. The van der Waals surface area contributed by atoms with Crippen molar-refractivity contribution >= 4 is 17.6 Å². The number of hydrogen-bond acceptors (Lipinski definition) is 6. The van der Waals surface area contributed by atoms with Gasteiger partial charge in [-0.2, -0.15) is 0 Å². The van der Waals surface area contributed by atoms with Crippen LogP contribution in [0.1, 0.15) is 55.3 Å². The van der Waals surface area contributed by atoms with Gasteiger partial charge in [-0.1, -0.05) is 30.3 Å². The molecule has 232 valence electrons. The molecule has 11 heteroatoms. The van der Waals surface area contributed by atoms with Crippen LogP contribution in [0.25, 0.3) is 22.3 Å². The Kier molecular flexibility index (Phi) is 12.9. The zero-order valence-electron chi connectivity index (χ0n) is 25.7. The molecule has 0 radical (unpaired) electrons. The molecule has 1 aromatic heterocycles. The summed E-state index contributed by atoms with van der Waals surface area (Å²) in [7, 11) is 1.52. The van der Waals surface area contributed by atoms with E-state index in [1.54, 1.807) is 48.5 Å². The van der Waals surface area contributed by atoms with Gasteiger partial charge in [-0.15, -0.1) is 0 Å². The molecule has 0 aliphatic rings. The first kappa shape index (κ1) is 35.9. The van der Waals surface area contributed by atoms with Crippen molar-refractivity contribution in [1.82, 2.24) is 4.57 Å². The summed E-state index contributed by atoms with van der Waals surface area (Å²) in [4.78, 5) is 25.1. The summed E-state index contributed by atoms with van der Waals surface area (Å²) in [5, 5.41) is 34.6. The third-order valence-corrected chi connectivity index (χ3v) is 7.29. The normalized spacial score (nSPS) is 12.4. The van der Waals surface area contributed by atoms with Crippen LogP contribution in [0.5, 0.6) is 5.75 Å². The number of aliphatic carboxylic acids is 1. The number of halogens is 2. The van der Waals surface area contributed by atoms with E-state index in [0.29, 0.717) is 39.4 Å². The molecule has 0 bridgehead atoms. The number of rotatable bonds is 13. The number of carbonyl (C=O) groups excluding carboxylic acids is 2. The van der Waals surface area contributed by atoms with Crippen LogP contribution in [0.3, 0.4) is 0 Å². The number of carbonyl (C=O) groups is 2. The Balaban J connectivity index is 0.00000552. The van der Waals surface area contributed by atoms with Crippen molar-refractivity contribution in [2.45, 2.75) is 57.8 Å².